The quantitative estimate of drug-likeness (QED) is 0.502. The summed E-state index contributed by atoms with van der Waals surface area (Å²) in [5.74, 6) is 0.626. The Bertz CT molecular complexity index is 914. The normalized spacial score (nSPS) is 13.7. The number of halogens is 1. The third-order valence-corrected chi connectivity index (χ3v) is 3.77. The third-order valence-electron chi connectivity index (χ3n) is 3.55. The number of allylic oxidation sites excluding steroid dienone is 2. The van der Waals surface area contributed by atoms with E-state index < -0.39 is 5.91 Å². The predicted molar refractivity (Wildman–Crippen MR) is 100 cm³/mol. The molecule has 1 N–H and O–H groups in total. The lowest BCUT2D eigenvalue weighted by molar-refractivity contribution is -0.112. The number of anilines is 1. The molecule has 0 aliphatic carbocycles. The van der Waals surface area contributed by atoms with Gasteiger partial charge in [0, 0.05) is 16.8 Å². The van der Waals surface area contributed by atoms with Crippen molar-refractivity contribution in [1.82, 2.24) is 0 Å². The Morgan fingerprint density at radius 3 is 2.58 bits per heavy atom. The van der Waals surface area contributed by atoms with Crippen LogP contribution in [-0.4, -0.2) is 19.1 Å². The first-order valence-corrected chi connectivity index (χ1v) is 8.28. The molecule has 0 aromatic heterocycles. The molecule has 0 bridgehead atoms. The van der Waals surface area contributed by atoms with Crippen molar-refractivity contribution in [2.24, 2.45) is 0 Å². The molecule has 1 heterocycles. The smallest absolute Gasteiger partial charge is 0.266 e. The second-order valence-electron chi connectivity index (χ2n) is 5.42. The highest BCUT2D eigenvalue weighted by atomic mass is 35.5. The fraction of sp³-hybridized carbons (Fsp3) is 0.100. The number of nitrogens with zero attached hydrogens (tertiary/aromatic N) is 1. The molecule has 0 saturated heterocycles. The van der Waals surface area contributed by atoms with Crippen LogP contribution in [0.4, 0.5) is 5.69 Å². The van der Waals surface area contributed by atoms with Crippen molar-refractivity contribution in [3.05, 3.63) is 70.8 Å². The Hall–Kier alpha value is -3.23. The number of carbonyl (C=O) groups is 1. The van der Waals surface area contributed by atoms with Gasteiger partial charge in [-0.2, -0.15) is 5.26 Å². The van der Waals surface area contributed by atoms with Gasteiger partial charge in [0.15, 0.2) is 11.5 Å². The minimum atomic E-state index is -0.552. The summed E-state index contributed by atoms with van der Waals surface area (Å²) in [5.41, 5.74) is 1.28. The highest BCUT2D eigenvalue weighted by Gasteiger charge is 2.14. The summed E-state index contributed by atoms with van der Waals surface area (Å²) in [6.45, 7) is 0.944. The highest BCUT2D eigenvalue weighted by Crippen LogP contribution is 2.32. The van der Waals surface area contributed by atoms with Crippen LogP contribution in [0.15, 0.2) is 65.2 Å². The van der Waals surface area contributed by atoms with E-state index in [4.69, 9.17) is 21.1 Å². The van der Waals surface area contributed by atoms with Crippen molar-refractivity contribution in [1.29, 1.82) is 5.26 Å². The zero-order chi connectivity index (χ0) is 18.4. The van der Waals surface area contributed by atoms with Gasteiger partial charge in [-0.3, -0.25) is 4.79 Å². The molecule has 2 aromatic rings. The van der Waals surface area contributed by atoms with Gasteiger partial charge in [-0.05, 0) is 29.8 Å². The maximum absolute atomic E-state index is 12.3. The Labute approximate surface area is 156 Å². The molecule has 3 rings (SSSR count). The van der Waals surface area contributed by atoms with Gasteiger partial charge in [0.05, 0.1) is 0 Å². The molecule has 1 aliphatic heterocycles. The fourth-order valence-corrected chi connectivity index (χ4v) is 2.59. The number of amides is 1. The van der Waals surface area contributed by atoms with Crippen molar-refractivity contribution in [2.75, 3.05) is 18.5 Å². The van der Waals surface area contributed by atoms with Crippen molar-refractivity contribution in [3.8, 4) is 17.6 Å². The lowest BCUT2D eigenvalue weighted by Gasteiger charge is -2.18. The minimum Gasteiger partial charge on any atom is -0.486 e. The first-order valence-electron chi connectivity index (χ1n) is 7.91. The Kier molecular flexibility index (Phi) is 5.57. The summed E-state index contributed by atoms with van der Waals surface area (Å²) < 4.78 is 10.9. The molecule has 0 atom stereocenters. The number of rotatable bonds is 4. The second kappa shape index (κ2) is 8.24. The summed E-state index contributed by atoms with van der Waals surface area (Å²) in [6.07, 6.45) is 3.01. The predicted octanol–water partition coefficient (Wildman–Crippen LogP) is 4.13. The maximum atomic E-state index is 12.3. The monoisotopic (exact) mass is 366 g/mol. The SMILES string of the molecule is N#C/C(=C\C(Cl)=C/c1ccccc1)C(=O)Nc1ccc2c(c1)OCCO2. The maximum Gasteiger partial charge on any atom is 0.266 e. The topological polar surface area (TPSA) is 71.4 Å². The fourth-order valence-electron chi connectivity index (χ4n) is 2.36. The third kappa shape index (κ3) is 4.44. The average molecular weight is 367 g/mol. The molecule has 0 unspecified atom stereocenters. The van der Waals surface area contributed by atoms with Gasteiger partial charge in [0.1, 0.15) is 24.9 Å². The molecule has 0 spiro atoms. The van der Waals surface area contributed by atoms with Gasteiger partial charge in [0.25, 0.3) is 5.91 Å². The van der Waals surface area contributed by atoms with Crippen LogP contribution in [0.1, 0.15) is 5.56 Å². The van der Waals surface area contributed by atoms with Gasteiger partial charge >= 0.3 is 0 Å². The van der Waals surface area contributed by atoms with Crippen LogP contribution in [-0.2, 0) is 4.79 Å². The number of nitrogens with one attached hydrogen (secondary N) is 1. The van der Waals surface area contributed by atoms with E-state index in [2.05, 4.69) is 5.32 Å². The number of ether oxygens (including phenoxy) is 2. The Morgan fingerprint density at radius 2 is 1.85 bits per heavy atom. The van der Waals surface area contributed by atoms with Gasteiger partial charge in [-0.15, -0.1) is 0 Å². The highest BCUT2D eigenvalue weighted by molar-refractivity contribution is 6.33. The Balaban J connectivity index is 1.75. The molecule has 1 amide bonds. The van der Waals surface area contributed by atoms with E-state index in [1.807, 2.05) is 36.4 Å². The molecule has 26 heavy (non-hydrogen) atoms. The van der Waals surface area contributed by atoms with Gasteiger partial charge in [0.2, 0.25) is 0 Å². The zero-order valence-corrected chi connectivity index (χ0v) is 14.5. The molecule has 0 fully saturated rings. The van der Waals surface area contributed by atoms with Crippen LogP contribution in [0, 0.1) is 11.3 Å². The lowest BCUT2D eigenvalue weighted by Crippen LogP contribution is -2.17. The van der Waals surface area contributed by atoms with Crippen LogP contribution in [0.5, 0.6) is 11.5 Å². The van der Waals surface area contributed by atoms with E-state index in [0.717, 1.165) is 5.56 Å². The number of benzene rings is 2. The van der Waals surface area contributed by atoms with Crippen LogP contribution >= 0.6 is 11.6 Å². The lowest BCUT2D eigenvalue weighted by atomic mass is 10.2. The van der Waals surface area contributed by atoms with Gasteiger partial charge < -0.3 is 14.8 Å². The van der Waals surface area contributed by atoms with Crippen molar-refractivity contribution >= 4 is 29.3 Å². The molecule has 5 nitrogen and oxygen atoms in total. The molecule has 0 saturated carbocycles. The van der Waals surface area contributed by atoms with Crippen molar-refractivity contribution in [2.45, 2.75) is 0 Å². The van der Waals surface area contributed by atoms with Gasteiger partial charge in [-0.1, -0.05) is 41.9 Å². The number of fused-ring (bicyclic) bond motifs is 1. The van der Waals surface area contributed by atoms with E-state index in [0.29, 0.717) is 30.4 Å². The van der Waals surface area contributed by atoms with E-state index in [9.17, 15) is 10.1 Å². The van der Waals surface area contributed by atoms with Gasteiger partial charge in [-0.25, -0.2) is 0 Å². The van der Waals surface area contributed by atoms with E-state index >= 15 is 0 Å². The molecule has 6 heteroatoms. The number of hydrogen-bond donors (Lipinski definition) is 1. The zero-order valence-electron chi connectivity index (χ0n) is 13.7. The molecule has 1 aliphatic rings. The second-order valence-corrected chi connectivity index (χ2v) is 5.86. The van der Waals surface area contributed by atoms with Crippen molar-refractivity contribution < 1.29 is 14.3 Å². The Morgan fingerprint density at radius 1 is 1.12 bits per heavy atom. The van der Waals surface area contributed by atoms with E-state index in [1.54, 1.807) is 24.3 Å². The summed E-state index contributed by atoms with van der Waals surface area (Å²) in [6, 6.07) is 16.3. The first kappa shape index (κ1) is 17.6. The summed E-state index contributed by atoms with van der Waals surface area (Å²) >= 11 is 6.15. The summed E-state index contributed by atoms with van der Waals surface area (Å²) in [4.78, 5) is 12.3. The van der Waals surface area contributed by atoms with Crippen molar-refractivity contribution in [3.63, 3.8) is 0 Å². The number of carbonyl (C=O) groups excluding carboxylic acids is 1. The molecule has 130 valence electrons. The summed E-state index contributed by atoms with van der Waals surface area (Å²) in [5, 5.41) is 12.2. The van der Waals surface area contributed by atoms with E-state index in [-0.39, 0.29) is 10.6 Å². The number of nitriles is 1. The van der Waals surface area contributed by atoms with Crippen LogP contribution in [0.3, 0.4) is 0 Å². The van der Waals surface area contributed by atoms with E-state index in [1.165, 1.54) is 6.08 Å². The van der Waals surface area contributed by atoms with Crippen LogP contribution in [0.25, 0.3) is 6.08 Å². The molecular weight excluding hydrogens is 352 g/mol. The largest absolute Gasteiger partial charge is 0.486 e. The minimum absolute atomic E-state index is 0.0999. The molecule has 2 aromatic carbocycles. The average Bonchev–Trinajstić information content (AvgIpc) is 2.66. The molecule has 0 radical (unpaired) electrons. The molecular formula is C20H15ClN2O3. The standard InChI is InChI=1S/C20H15ClN2O3/c21-16(10-14-4-2-1-3-5-14)11-15(13-22)20(24)23-17-6-7-18-19(12-17)26-9-8-25-18/h1-7,10-12H,8-9H2,(H,23,24)/b15-11+,16-10+. The van der Waals surface area contributed by atoms with Crippen LogP contribution < -0.4 is 14.8 Å². The summed E-state index contributed by atoms with van der Waals surface area (Å²) in [7, 11) is 0. The first-order chi connectivity index (χ1) is 12.7. The van der Waals surface area contributed by atoms with Crippen LogP contribution in [0.2, 0.25) is 0 Å². The number of hydrogen-bond acceptors (Lipinski definition) is 4.